The number of Topliss-reactive ketones (excluding diaryl/α,β-unsaturated/α-hetero) is 1. The molecule has 0 amide bonds. The van der Waals surface area contributed by atoms with Crippen LogP contribution in [-0.2, 0) is 0 Å². The quantitative estimate of drug-likeness (QED) is 0.531. The fraction of sp³-hybridized carbons (Fsp3) is 0.364. The Morgan fingerprint density at radius 2 is 2.31 bits per heavy atom. The molecule has 0 aliphatic carbocycles. The first kappa shape index (κ1) is 10.2. The maximum Gasteiger partial charge on any atom is 0.198 e. The molecule has 0 fully saturated rings. The Bertz CT molecular complexity index is 334. The van der Waals surface area contributed by atoms with Crippen LogP contribution in [0.3, 0.4) is 0 Å². The van der Waals surface area contributed by atoms with Crippen LogP contribution in [0.2, 0.25) is 0 Å². The van der Waals surface area contributed by atoms with Gasteiger partial charge in [-0.3, -0.25) is 4.79 Å². The normalized spacial score (nSPS) is 11.8. The van der Waals surface area contributed by atoms with Gasteiger partial charge in [0.15, 0.2) is 5.78 Å². The van der Waals surface area contributed by atoms with E-state index in [0.29, 0.717) is 0 Å². The molecule has 0 N–H and O–H groups in total. The molecule has 0 spiro atoms. The minimum absolute atomic E-state index is 0.192. The van der Waals surface area contributed by atoms with E-state index in [1.54, 1.807) is 0 Å². The topological polar surface area (TPSA) is 17.1 Å². The van der Waals surface area contributed by atoms with Crippen LogP contribution >= 0.6 is 11.3 Å². The predicted octanol–water partition coefficient (Wildman–Crippen LogP) is 3.60. The standard InChI is InChI=1S/C11H14OS/c1-4-9(5-2)10(12)11-8(3)6-7-13-11/h4,6-7H,5H2,1-3H3/b9-4-. The average molecular weight is 194 g/mol. The van der Waals surface area contributed by atoms with Gasteiger partial charge in [-0.1, -0.05) is 13.0 Å². The van der Waals surface area contributed by atoms with E-state index in [0.717, 1.165) is 22.4 Å². The van der Waals surface area contributed by atoms with Gasteiger partial charge in [-0.05, 0) is 42.9 Å². The van der Waals surface area contributed by atoms with Crippen molar-refractivity contribution < 1.29 is 4.79 Å². The lowest BCUT2D eigenvalue weighted by Gasteiger charge is -2.01. The highest BCUT2D eigenvalue weighted by atomic mass is 32.1. The molecule has 0 atom stereocenters. The van der Waals surface area contributed by atoms with Crippen LogP contribution < -0.4 is 0 Å². The second kappa shape index (κ2) is 4.38. The first-order valence-corrected chi connectivity index (χ1v) is 5.32. The van der Waals surface area contributed by atoms with Crippen LogP contribution in [0.4, 0.5) is 0 Å². The zero-order valence-electron chi connectivity index (χ0n) is 8.26. The van der Waals surface area contributed by atoms with Crippen LogP contribution in [0, 0.1) is 6.92 Å². The van der Waals surface area contributed by atoms with Gasteiger partial charge in [-0.15, -0.1) is 11.3 Å². The minimum Gasteiger partial charge on any atom is -0.288 e. The summed E-state index contributed by atoms with van der Waals surface area (Å²) < 4.78 is 0. The highest BCUT2D eigenvalue weighted by molar-refractivity contribution is 7.12. The van der Waals surface area contributed by atoms with E-state index in [2.05, 4.69) is 0 Å². The predicted molar refractivity (Wildman–Crippen MR) is 57.4 cm³/mol. The number of hydrogen-bond donors (Lipinski definition) is 0. The Hall–Kier alpha value is -0.890. The van der Waals surface area contributed by atoms with E-state index in [1.165, 1.54) is 11.3 Å². The zero-order valence-corrected chi connectivity index (χ0v) is 9.07. The smallest absolute Gasteiger partial charge is 0.198 e. The lowest BCUT2D eigenvalue weighted by Crippen LogP contribution is -2.01. The molecule has 0 aromatic carbocycles. The first-order chi connectivity index (χ1) is 6.20. The molecule has 13 heavy (non-hydrogen) atoms. The van der Waals surface area contributed by atoms with Crippen LogP contribution in [0.25, 0.3) is 0 Å². The largest absolute Gasteiger partial charge is 0.288 e. The van der Waals surface area contributed by atoms with E-state index in [4.69, 9.17) is 0 Å². The van der Waals surface area contributed by atoms with Crippen molar-refractivity contribution in [2.75, 3.05) is 0 Å². The summed E-state index contributed by atoms with van der Waals surface area (Å²) in [5.74, 6) is 0.192. The number of ketones is 1. The number of hydrogen-bond acceptors (Lipinski definition) is 2. The molecular weight excluding hydrogens is 180 g/mol. The molecule has 1 aromatic heterocycles. The molecule has 0 aliphatic rings. The van der Waals surface area contributed by atoms with Crippen molar-refractivity contribution in [3.05, 3.63) is 33.5 Å². The number of aryl methyl sites for hydroxylation is 1. The van der Waals surface area contributed by atoms with Gasteiger partial charge in [-0.2, -0.15) is 0 Å². The molecule has 1 heterocycles. The molecule has 0 saturated carbocycles. The first-order valence-electron chi connectivity index (χ1n) is 4.44. The summed E-state index contributed by atoms with van der Waals surface area (Å²) in [6.07, 6.45) is 2.72. The molecule has 1 nitrogen and oxygen atoms in total. The van der Waals surface area contributed by atoms with Crippen LogP contribution in [0.15, 0.2) is 23.1 Å². The molecule has 0 unspecified atom stereocenters. The van der Waals surface area contributed by atoms with Crippen molar-refractivity contribution in [2.24, 2.45) is 0 Å². The van der Waals surface area contributed by atoms with Gasteiger partial charge in [0.2, 0.25) is 0 Å². The van der Waals surface area contributed by atoms with Crippen molar-refractivity contribution in [3.63, 3.8) is 0 Å². The summed E-state index contributed by atoms with van der Waals surface area (Å²) in [5.41, 5.74) is 1.99. The molecular formula is C11H14OS. The Labute approximate surface area is 83.1 Å². The lowest BCUT2D eigenvalue weighted by atomic mass is 10.1. The molecule has 0 saturated heterocycles. The number of thiophene rings is 1. The Morgan fingerprint density at radius 1 is 1.62 bits per heavy atom. The molecule has 2 heteroatoms. The third-order valence-corrected chi connectivity index (χ3v) is 3.10. The van der Waals surface area contributed by atoms with Crippen molar-refractivity contribution in [3.8, 4) is 0 Å². The SMILES string of the molecule is C/C=C(/CC)C(=O)c1sccc1C. The second-order valence-corrected chi connectivity index (χ2v) is 3.85. The van der Waals surface area contributed by atoms with Crippen molar-refractivity contribution in [2.45, 2.75) is 27.2 Å². The minimum atomic E-state index is 0.192. The Morgan fingerprint density at radius 3 is 2.69 bits per heavy atom. The van der Waals surface area contributed by atoms with Gasteiger partial charge in [0.05, 0.1) is 4.88 Å². The monoisotopic (exact) mass is 194 g/mol. The van der Waals surface area contributed by atoms with Gasteiger partial charge in [-0.25, -0.2) is 0 Å². The Kier molecular flexibility index (Phi) is 3.43. The van der Waals surface area contributed by atoms with Gasteiger partial charge in [0, 0.05) is 0 Å². The maximum absolute atomic E-state index is 11.8. The fourth-order valence-corrected chi connectivity index (χ4v) is 2.15. The summed E-state index contributed by atoms with van der Waals surface area (Å²) in [6, 6.07) is 1.99. The van der Waals surface area contributed by atoms with Crippen LogP contribution in [0.1, 0.15) is 35.5 Å². The Balaban J connectivity index is 2.98. The summed E-state index contributed by atoms with van der Waals surface area (Å²) in [4.78, 5) is 12.7. The van der Waals surface area contributed by atoms with Crippen molar-refractivity contribution in [1.82, 2.24) is 0 Å². The highest BCUT2D eigenvalue weighted by Crippen LogP contribution is 2.20. The zero-order chi connectivity index (χ0) is 9.84. The summed E-state index contributed by atoms with van der Waals surface area (Å²) in [7, 11) is 0. The van der Waals surface area contributed by atoms with Crippen LogP contribution in [0.5, 0.6) is 0 Å². The second-order valence-electron chi connectivity index (χ2n) is 2.93. The number of carbonyl (C=O) groups excluding carboxylic acids is 1. The maximum atomic E-state index is 11.8. The third-order valence-electron chi connectivity index (χ3n) is 2.09. The lowest BCUT2D eigenvalue weighted by molar-refractivity contribution is 0.103. The summed E-state index contributed by atoms with van der Waals surface area (Å²) in [6.45, 7) is 5.91. The highest BCUT2D eigenvalue weighted by Gasteiger charge is 2.12. The van der Waals surface area contributed by atoms with Crippen molar-refractivity contribution >= 4 is 17.1 Å². The molecule has 70 valence electrons. The third kappa shape index (κ3) is 2.07. The average Bonchev–Trinajstić information content (AvgIpc) is 2.53. The fourth-order valence-electron chi connectivity index (χ4n) is 1.25. The van der Waals surface area contributed by atoms with Crippen molar-refractivity contribution in [1.29, 1.82) is 0 Å². The van der Waals surface area contributed by atoms with Crippen LogP contribution in [-0.4, -0.2) is 5.78 Å². The molecule has 1 aromatic rings. The van der Waals surface area contributed by atoms with Gasteiger partial charge in [0.1, 0.15) is 0 Å². The van der Waals surface area contributed by atoms with E-state index in [1.807, 2.05) is 38.3 Å². The number of allylic oxidation sites excluding steroid dienone is 2. The van der Waals surface area contributed by atoms with Gasteiger partial charge in [0.25, 0.3) is 0 Å². The van der Waals surface area contributed by atoms with E-state index < -0.39 is 0 Å². The van der Waals surface area contributed by atoms with E-state index in [9.17, 15) is 4.79 Å². The van der Waals surface area contributed by atoms with E-state index >= 15 is 0 Å². The molecule has 0 bridgehead atoms. The molecule has 0 radical (unpaired) electrons. The number of carbonyl (C=O) groups is 1. The molecule has 1 rings (SSSR count). The van der Waals surface area contributed by atoms with Gasteiger partial charge >= 0.3 is 0 Å². The van der Waals surface area contributed by atoms with Gasteiger partial charge < -0.3 is 0 Å². The molecule has 0 aliphatic heterocycles. The van der Waals surface area contributed by atoms with E-state index in [-0.39, 0.29) is 5.78 Å². The number of rotatable bonds is 3. The summed E-state index contributed by atoms with van der Waals surface area (Å²) in [5, 5.41) is 1.96. The summed E-state index contributed by atoms with van der Waals surface area (Å²) >= 11 is 1.53.